The molecule has 8 unspecified atom stereocenters. The lowest BCUT2D eigenvalue weighted by Crippen LogP contribution is -2.60. The molecule has 0 bridgehead atoms. The second-order valence-electron chi connectivity index (χ2n) is 12.7. The number of ether oxygens (including phenoxy) is 1. The van der Waals surface area contributed by atoms with E-state index in [-0.39, 0.29) is 35.0 Å². The first kappa shape index (κ1) is 35.6. The van der Waals surface area contributed by atoms with Crippen LogP contribution >= 0.6 is 0 Å². The van der Waals surface area contributed by atoms with Gasteiger partial charge in [0.15, 0.2) is 9.84 Å². The van der Waals surface area contributed by atoms with Gasteiger partial charge < -0.3 is 40.3 Å². The van der Waals surface area contributed by atoms with Crippen LogP contribution in [0, 0.1) is 11.7 Å². The number of aliphatic hydroxyl groups is 5. The zero-order chi connectivity index (χ0) is 35.7. The zero-order valence-corrected chi connectivity index (χ0v) is 27.6. The number of anilines is 1. The highest BCUT2D eigenvalue weighted by Crippen LogP contribution is 2.48. The monoisotopic (exact) mass is 707 g/mol. The Morgan fingerprint density at radius 3 is 2.12 bits per heavy atom. The Labute approximate surface area is 288 Å². The molecule has 0 spiro atoms. The van der Waals surface area contributed by atoms with Gasteiger partial charge in [0.05, 0.1) is 35.3 Å². The number of β-lactam (4-membered cyclic amide) rings is 1. The van der Waals surface area contributed by atoms with Crippen molar-refractivity contribution in [1.82, 2.24) is 0 Å². The van der Waals surface area contributed by atoms with Crippen LogP contribution in [0.4, 0.5) is 10.1 Å². The largest absolute Gasteiger partial charge is 0.508 e. The van der Waals surface area contributed by atoms with E-state index in [9.17, 15) is 48.2 Å². The minimum atomic E-state index is -4.41. The number of phenolic OH excluding ortho intramolecular Hbond substituents is 1. The molecule has 4 aromatic carbocycles. The summed E-state index contributed by atoms with van der Waals surface area (Å²) in [5.74, 6) is -2.32. The summed E-state index contributed by atoms with van der Waals surface area (Å²) in [5.41, 5.74) is 2.32. The molecule has 4 aromatic rings. The molecular weight excluding hydrogens is 669 g/mol. The smallest absolute Gasteiger partial charge is 0.233 e. The first-order valence-electron chi connectivity index (χ1n) is 16.2. The van der Waals surface area contributed by atoms with Crippen LogP contribution in [0.25, 0.3) is 11.1 Å². The maximum absolute atomic E-state index is 14.4. The molecule has 1 amide bonds. The van der Waals surface area contributed by atoms with Crippen molar-refractivity contribution < 1.29 is 53.0 Å². The minimum Gasteiger partial charge on any atom is -0.508 e. The summed E-state index contributed by atoms with van der Waals surface area (Å²) in [4.78, 5) is 15.1. The molecule has 0 saturated carbocycles. The van der Waals surface area contributed by atoms with Gasteiger partial charge in [0, 0.05) is 5.69 Å². The molecule has 6 rings (SSSR count). The highest BCUT2D eigenvalue weighted by atomic mass is 32.2. The number of nitrogens with zero attached hydrogens (tertiary/aromatic N) is 1. The van der Waals surface area contributed by atoms with Crippen LogP contribution in [0.3, 0.4) is 0 Å². The molecule has 2 aliphatic rings. The first-order valence-corrected chi connectivity index (χ1v) is 17.8. The second kappa shape index (κ2) is 14.6. The van der Waals surface area contributed by atoms with Crippen molar-refractivity contribution in [3.63, 3.8) is 0 Å². The fraction of sp³-hybridized carbons (Fsp3) is 0.324. The maximum Gasteiger partial charge on any atom is 0.233 e. The third kappa shape index (κ3) is 7.03. The van der Waals surface area contributed by atoms with Crippen molar-refractivity contribution >= 4 is 21.4 Å². The van der Waals surface area contributed by atoms with E-state index < -0.39 is 76.6 Å². The van der Waals surface area contributed by atoms with E-state index in [1.54, 1.807) is 54.6 Å². The van der Waals surface area contributed by atoms with Crippen molar-refractivity contribution in [2.45, 2.75) is 60.4 Å². The number of rotatable bonds is 11. The van der Waals surface area contributed by atoms with Gasteiger partial charge in [-0.2, -0.15) is 0 Å². The summed E-state index contributed by atoms with van der Waals surface area (Å²) in [6, 6.07) is 24.2. The van der Waals surface area contributed by atoms with Crippen LogP contribution in [-0.2, 0) is 19.4 Å². The topological polar surface area (TPSA) is 185 Å². The maximum atomic E-state index is 14.4. The summed E-state index contributed by atoms with van der Waals surface area (Å²) in [5, 5.41) is 61.8. The predicted octanol–water partition coefficient (Wildman–Crippen LogP) is 3.03. The van der Waals surface area contributed by atoms with Gasteiger partial charge in [-0.05, 0) is 77.6 Å². The summed E-state index contributed by atoms with van der Waals surface area (Å²) < 4.78 is 47.9. The van der Waals surface area contributed by atoms with Gasteiger partial charge in [-0.3, -0.25) is 4.79 Å². The van der Waals surface area contributed by atoms with E-state index in [0.29, 0.717) is 22.4 Å². The fourth-order valence-corrected chi connectivity index (χ4v) is 8.50. The van der Waals surface area contributed by atoms with Gasteiger partial charge >= 0.3 is 0 Å². The molecule has 2 aliphatic heterocycles. The number of amides is 1. The third-order valence-electron chi connectivity index (χ3n) is 9.50. The van der Waals surface area contributed by atoms with E-state index in [1.807, 2.05) is 0 Å². The zero-order valence-electron chi connectivity index (χ0n) is 26.7. The number of aromatic hydroxyl groups is 1. The average molecular weight is 708 g/mol. The molecule has 11 nitrogen and oxygen atoms in total. The van der Waals surface area contributed by atoms with Crippen LogP contribution in [0.5, 0.6) is 5.75 Å². The summed E-state index contributed by atoms with van der Waals surface area (Å²) in [7, 11) is -4.41. The van der Waals surface area contributed by atoms with E-state index in [4.69, 9.17) is 4.74 Å². The van der Waals surface area contributed by atoms with Crippen LogP contribution in [-0.4, -0.2) is 87.8 Å². The molecular formula is C37H38FNO10S. The average Bonchev–Trinajstić information content (AvgIpc) is 3.11. The fourth-order valence-electron chi connectivity index (χ4n) is 6.76. The molecule has 2 saturated heterocycles. The Balaban J connectivity index is 1.41. The van der Waals surface area contributed by atoms with Crippen molar-refractivity contribution in [2.75, 3.05) is 17.3 Å². The van der Waals surface area contributed by atoms with E-state index in [2.05, 4.69) is 0 Å². The number of phenols is 1. The SMILES string of the molecule is O=C1C(CCC(O)c2ccc(F)cc2)C(c2ccc(-c3ccc(O)cc3)cc2S(=O)(=O)CC2OC(CO)C(O)C(O)C2O)N1c1ccccc1. The molecule has 8 atom stereocenters. The number of para-hydroxylation sites is 1. The lowest BCUT2D eigenvalue weighted by molar-refractivity contribution is -0.223. The van der Waals surface area contributed by atoms with Gasteiger partial charge in [0.1, 0.15) is 42.1 Å². The number of aliphatic hydroxyl groups excluding tert-OH is 5. The highest BCUT2D eigenvalue weighted by Gasteiger charge is 2.51. The Morgan fingerprint density at radius 1 is 0.820 bits per heavy atom. The van der Waals surface area contributed by atoms with E-state index in [1.165, 1.54) is 47.4 Å². The van der Waals surface area contributed by atoms with Crippen LogP contribution in [0.1, 0.15) is 36.1 Å². The minimum absolute atomic E-state index is 0.0120. The molecule has 0 aromatic heterocycles. The van der Waals surface area contributed by atoms with Crippen molar-refractivity contribution in [3.8, 4) is 16.9 Å². The quantitative estimate of drug-likeness (QED) is 0.127. The molecule has 6 N–H and O–H groups in total. The molecule has 13 heteroatoms. The number of carbonyl (C=O) groups excluding carboxylic acids is 1. The van der Waals surface area contributed by atoms with Crippen molar-refractivity contribution in [1.29, 1.82) is 0 Å². The van der Waals surface area contributed by atoms with Gasteiger partial charge in [-0.1, -0.05) is 54.6 Å². The summed E-state index contributed by atoms with van der Waals surface area (Å²) in [6.07, 6.45) is -8.80. The first-order chi connectivity index (χ1) is 23.9. The Morgan fingerprint density at radius 2 is 1.46 bits per heavy atom. The number of hydrogen-bond donors (Lipinski definition) is 6. The van der Waals surface area contributed by atoms with Gasteiger partial charge in [0.2, 0.25) is 5.91 Å². The molecule has 264 valence electrons. The highest BCUT2D eigenvalue weighted by molar-refractivity contribution is 7.91. The van der Waals surface area contributed by atoms with E-state index >= 15 is 0 Å². The van der Waals surface area contributed by atoms with Gasteiger partial charge in [0.25, 0.3) is 0 Å². The van der Waals surface area contributed by atoms with Crippen molar-refractivity contribution in [3.05, 3.63) is 114 Å². The predicted molar refractivity (Wildman–Crippen MR) is 180 cm³/mol. The molecule has 0 aliphatic carbocycles. The van der Waals surface area contributed by atoms with Crippen LogP contribution < -0.4 is 4.90 Å². The van der Waals surface area contributed by atoms with Crippen molar-refractivity contribution in [2.24, 2.45) is 5.92 Å². The van der Waals surface area contributed by atoms with Gasteiger partial charge in [-0.15, -0.1) is 0 Å². The van der Waals surface area contributed by atoms with E-state index in [0.717, 1.165) is 0 Å². The third-order valence-corrected chi connectivity index (χ3v) is 11.3. The molecule has 50 heavy (non-hydrogen) atoms. The number of halogens is 1. The molecule has 2 fully saturated rings. The standard InChI is InChI=1S/C37H38FNO10S/c38-24-11-6-22(7-12-24)29(42)17-16-28-33(39(37(28)46)25-4-2-1-3-5-25)27-15-10-23(21-8-13-26(41)14-9-21)18-32(27)50(47,48)20-31-35(44)36(45)34(43)30(19-40)49-31/h1-15,18,28-31,33-36,40-45H,16-17,19-20H2. The number of hydrogen-bond acceptors (Lipinski definition) is 10. The summed E-state index contributed by atoms with van der Waals surface area (Å²) in [6.45, 7) is -0.731. The Bertz CT molecular complexity index is 1910. The van der Waals surface area contributed by atoms with Gasteiger partial charge in [-0.25, -0.2) is 12.8 Å². The molecule has 2 heterocycles. The Hall–Kier alpha value is -4.21. The normalized spacial score (nSPS) is 26.0. The lowest BCUT2D eigenvalue weighted by atomic mass is 9.78. The second-order valence-corrected chi connectivity index (χ2v) is 14.7. The number of benzene rings is 4. The van der Waals surface area contributed by atoms with Crippen LogP contribution in [0.15, 0.2) is 102 Å². The number of sulfone groups is 1. The lowest BCUT2D eigenvalue weighted by Gasteiger charge is -2.48. The Kier molecular flexibility index (Phi) is 10.4. The van der Waals surface area contributed by atoms with Crippen LogP contribution in [0.2, 0.25) is 0 Å². The number of carbonyl (C=O) groups is 1. The molecule has 0 radical (unpaired) electrons. The summed E-state index contributed by atoms with van der Waals surface area (Å²) >= 11 is 0.